The molecule has 23 heavy (non-hydrogen) atoms. The summed E-state index contributed by atoms with van der Waals surface area (Å²) in [5, 5.41) is 7.44. The minimum Gasteiger partial charge on any atom is -0.379 e. The zero-order chi connectivity index (χ0) is 15.4. The quantitative estimate of drug-likeness (QED) is 0.862. The molecule has 2 aliphatic rings. The summed E-state index contributed by atoms with van der Waals surface area (Å²) in [6, 6.07) is 10.2. The predicted octanol–water partition coefficient (Wildman–Crippen LogP) is 3.48. The van der Waals surface area contributed by atoms with Crippen molar-refractivity contribution < 1.29 is 4.74 Å². The molecule has 2 N–H and O–H groups in total. The van der Waals surface area contributed by atoms with Crippen LogP contribution < -0.4 is 10.6 Å². The predicted molar refractivity (Wildman–Crippen MR) is 98.4 cm³/mol. The summed E-state index contributed by atoms with van der Waals surface area (Å²) < 4.78 is 5.65. The third-order valence-corrected chi connectivity index (χ3v) is 5.25. The smallest absolute Gasteiger partial charge is 0.0623 e. The first-order valence-corrected chi connectivity index (χ1v) is 8.87. The Morgan fingerprint density at radius 2 is 2.00 bits per heavy atom. The Hall–Kier alpha value is -0.610. The summed E-state index contributed by atoms with van der Waals surface area (Å²) in [7, 11) is 0. The van der Waals surface area contributed by atoms with E-state index in [1.54, 1.807) is 0 Å². The minimum absolute atomic E-state index is 0. The molecule has 1 saturated heterocycles. The van der Waals surface area contributed by atoms with Crippen LogP contribution >= 0.6 is 12.4 Å². The van der Waals surface area contributed by atoms with Gasteiger partial charge in [0.05, 0.1) is 13.2 Å². The van der Waals surface area contributed by atoms with Gasteiger partial charge < -0.3 is 15.4 Å². The van der Waals surface area contributed by atoms with Gasteiger partial charge in [0, 0.05) is 25.2 Å². The van der Waals surface area contributed by atoms with Crippen LogP contribution in [0, 0.1) is 5.92 Å². The summed E-state index contributed by atoms with van der Waals surface area (Å²) in [6.07, 6.45) is 3.96. The zero-order valence-corrected chi connectivity index (χ0v) is 15.2. The highest BCUT2D eigenvalue weighted by Gasteiger charge is 2.34. The second kappa shape index (κ2) is 9.03. The number of nitrogens with one attached hydrogen (secondary N) is 2. The first-order valence-electron chi connectivity index (χ1n) is 8.87. The van der Waals surface area contributed by atoms with Crippen LogP contribution in [0.5, 0.6) is 0 Å². The maximum atomic E-state index is 5.65. The first kappa shape index (κ1) is 18.7. The minimum atomic E-state index is 0. The van der Waals surface area contributed by atoms with E-state index in [0.717, 1.165) is 32.2 Å². The van der Waals surface area contributed by atoms with Crippen LogP contribution in [0.1, 0.15) is 50.2 Å². The van der Waals surface area contributed by atoms with E-state index in [1.165, 1.54) is 30.4 Å². The SMILES string of the molecule is CC(C)c1ccc(CNC2CCCC2C2COCCN2)cc1.Cl. The van der Waals surface area contributed by atoms with Crippen molar-refractivity contribution in [3.8, 4) is 0 Å². The van der Waals surface area contributed by atoms with Crippen LogP contribution in [0.4, 0.5) is 0 Å². The number of halogens is 1. The fourth-order valence-electron chi connectivity index (χ4n) is 3.85. The van der Waals surface area contributed by atoms with E-state index in [2.05, 4.69) is 48.7 Å². The second-order valence-electron chi connectivity index (χ2n) is 7.11. The molecule has 1 saturated carbocycles. The van der Waals surface area contributed by atoms with Gasteiger partial charge in [-0.25, -0.2) is 0 Å². The molecule has 3 rings (SSSR count). The van der Waals surface area contributed by atoms with Gasteiger partial charge in [-0.3, -0.25) is 0 Å². The molecule has 3 nitrogen and oxygen atoms in total. The summed E-state index contributed by atoms with van der Waals surface area (Å²) in [5.41, 5.74) is 2.81. The van der Waals surface area contributed by atoms with Gasteiger partial charge in [-0.05, 0) is 35.8 Å². The molecule has 1 aliphatic heterocycles. The molecule has 1 aliphatic carbocycles. The van der Waals surface area contributed by atoms with Crippen molar-refractivity contribution in [2.24, 2.45) is 5.92 Å². The lowest BCUT2D eigenvalue weighted by Gasteiger charge is -2.33. The molecule has 3 unspecified atom stereocenters. The molecule has 1 heterocycles. The van der Waals surface area contributed by atoms with Gasteiger partial charge >= 0.3 is 0 Å². The van der Waals surface area contributed by atoms with Crippen molar-refractivity contribution in [3.63, 3.8) is 0 Å². The van der Waals surface area contributed by atoms with E-state index in [-0.39, 0.29) is 12.4 Å². The molecular weight excluding hydrogens is 308 g/mol. The third kappa shape index (κ3) is 4.93. The Morgan fingerprint density at radius 1 is 1.22 bits per heavy atom. The lowest BCUT2D eigenvalue weighted by Crippen LogP contribution is -2.50. The van der Waals surface area contributed by atoms with Crippen LogP contribution in [-0.4, -0.2) is 31.8 Å². The summed E-state index contributed by atoms with van der Waals surface area (Å²) in [4.78, 5) is 0. The van der Waals surface area contributed by atoms with Gasteiger partial charge in [0.25, 0.3) is 0 Å². The Labute approximate surface area is 147 Å². The number of benzene rings is 1. The standard InChI is InChI=1S/C19H30N2O.ClH/c1-14(2)16-8-6-15(7-9-16)12-21-18-5-3-4-17(18)19-13-22-11-10-20-19;/h6-9,14,17-21H,3-5,10-13H2,1-2H3;1H. The molecule has 2 fully saturated rings. The third-order valence-electron chi connectivity index (χ3n) is 5.25. The topological polar surface area (TPSA) is 33.3 Å². The maximum Gasteiger partial charge on any atom is 0.0623 e. The summed E-state index contributed by atoms with van der Waals surface area (Å²) in [6.45, 7) is 8.22. The largest absolute Gasteiger partial charge is 0.379 e. The first-order chi connectivity index (χ1) is 10.7. The highest BCUT2D eigenvalue weighted by molar-refractivity contribution is 5.85. The van der Waals surface area contributed by atoms with Gasteiger partial charge in [-0.15, -0.1) is 12.4 Å². The van der Waals surface area contributed by atoms with Crippen molar-refractivity contribution in [1.82, 2.24) is 10.6 Å². The molecule has 130 valence electrons. The monoisotopic (exact) mass is 338 g/mol. The van der Waals surface area contributed by atoms with Crippen LogP contribution in [0.3, 0.4) is 0 Å². The lowest BCUT2D eigenvalue weighted by atomic mass is 9.93. The molecule has 0 bridgehead atoms. The maximum absolute atomic E-state index is 5.65. The van der Waals surface area contributed by atoms with Crippen LogP contribution in [0.15, 0.2) is 24.3 Å². The number of rotatable bonds is 5. The average Bonchev–Trinajstić information content (AvgIpc) is 3.02. The van der Waals surface area contributed by atoms with E-state index in [4.69, 9.17) is 4.74 Å². The number of ether oxygens (including phenoxy) is 1. The Balaban J connectivity index is 0.00000192. The summed E-state index contributed by atoms with van der Waals surface area (Å²) in [5.74, 6) is 1.33. The van der Waals surface area contributed by atoms with Crippen molar-refractivity contribution in [2.45, 2.75) is 57.7 Å². The fraction of sp³-hybridized carbons (Fsp3) is 0.684. The molecule has 4 heteroatoms. The van der Waals surface area contributed by atoms with Crippen molar-refractivity contribution >= 4 is 12.4 Å². The molecule has 0 spiro atoms. The highest BCUT2D eigenvalue weighted by Crippen LogP contribution is 2.29. The highest BCUT2D eigenvalue weighted by atomic mass is 35.5. The van der Waals surface area contributed by atoms with E-state index in [0.29, 0.717) is 18.0 Å². The van der Waals surface area contributed by atoms with Gasteiger partial charge in [-0.2, -0.15) is 0 Å². The van der Waals surface area contributed by atoms with Crippen molar-refractivity contribution in [2.75, 3.05) is 19.8 Å². The fourth-order valence-corrected chi connectivity index (χ4v) is 3.85. The van der Waals surface area contributed by atoms with Crippen molar-refractivity contribution in [1.29, 1.82) is 0 Å². The molecule has 0 amide bonds. The van der Waals surface area contributed by atoms with Gasteiger partial charge in [0.1, 0.15) is 0 Å². The Bertz CT molecular complexity index is 457. The van der Waals surface area contributed by atoms with Gasteiger partial charge in [0.15, 0.2) is 0 Å². The van der Waals surface area contributed by atoms with Crippen LogP contribution in [-0.2, 0) is 11.3 Å². The Kier molecular flexibility index (Phi) is 7.35. The van der Waals surface area contributed by atoms with Crippen LogP contribution in [0.2, 0.25) is 0 Å². The lowest BCUT2D eigenvalue weighted by molar-refractivity contribution is 0.0524. The molecule has 1 aromatic carbocycles. The summed E-state index contributed by atoms with van der Waals surface area (Å²) >= 11 is 0. The average molecular weight is 339 g/mol. The zero-order valence-electron chi connectivity index (χ0n) is 14.4. The van der Waals surface area contributed by atoms with E-state index >= 15 is 0 Å². The van der Waals surface area contributed by atoms with Crippen molar-refractivity contribution in [3.05, 3.63) is 35.4 Å². The van der Waals surface area contributed by atoms with E-state index in [9.17, 15) is 0 Å². The molecular formula is C19H31ClN2O. The number of hydrogen-bond donors (Lipinski definition) is 2. The molecule has 3 atom stereocenters. The molecule has 1 aromatic rings. The van der Waals surface area contributed by atoms with Crippen LogP contribution in [0.25, 0.3) is 0 Å². The molecule has 0 radical (unpaired) electrons. The number of hydrogen-bond acceptors (Lipinski definition) is 3. The molecule has 0 aromatic heterocycles. The number of morpholine rings is 1. The van der Waals surface area contributed by atoms with Gasteiger partial charge in [-0.1, -0.05) is 44.5 Å². The Morgan fingerprint density at radius 3 is 2.65 bits per heavy atom. The van der Waals surface area contributed by atoms with Gasteiger partial charge in [0.2, 0.25) is 0 Å². The second-order valence-corrected chi connectivity index (χ2v) is 7.11. The van der Waals surface area contributed by atoms with E-state index < -0.39 is 0 Å². The van der Waals surface area contributed by atoms with E-state index in [1.807, 2.05) is 0 Å². The normalized spacial score (nSPS) is 27.9.